The normalized spacial score (nSPS) is 10.8. The first-order valence-electron chi connectivity index (χ1n) is 6.49. The summed E-state index contributed by atoms with van der Waals surface area (Å²) < 4.78 is 23.5. The van der Waals surface area contributed by atoms with Gasteiger partial charge < -0.3 is 9.26 Å². The Hall–Kier alpha value is -2.76. The fraction of sp³-hybridized carbons (Fsp3) is 0.133. The molecule has 2 aromatic carbocycles. The van der Waals surface area contributed by atoms with Crippen molar-refractivity contribution in [2.45, 2.75) is 6.92 Å². The zero-order chi connectivity index (χ0) is 14.8. The zero-order valence-corrected chi connectivity index (χ0v) is 11.3. The molecule has 0 bridgehead atoms. The maximum Gasteiger partial charge on any atom is 0.368 e. The van der Waals surface area contributed by atoms with E-state index in [1.54, 1.807) is 24.3 Å². The molecule has 0 aliphatic rings. The van der Waals surface area contributed by atoms with Gasteiger partial charge in [-0.15, -0.1) is 4.85 Å². The first-order valence-corrected chi connectivity index (χ1v) is 6.49. The Bertz CT molecular complexity index is 821. The van der Waals surface area contributed by atoms with Crippen LogP contribution in [-0.4, -0.2) is 11.5 Å². The van der Waals surface area contributed by atoms with Crippen molar-refractivity contribution in [3.8, 4) is 5.75 Å². The second kappa shape index (κ2) is 5.32. The first kappa shape index (κ1) is 13.2. The molecule has 0 aliphatic heterocycles. The number of nitrogens with zero attached hydrogens (tertiary/aromatic N) is 1. The van der Waals surface area contributed by atoms with Crippen LogP contribution in [0.15, 0.2) is 51.8 Å². The average Bonchev–Trinajstić information content (AvgIpc) is 2.77. The summed E-state index contributed by atoms with van der Waals surface area (Å²) in [6.07, 6.45) is 0. The predicted molar refractivity (Wildman–Crippen MR) is 77.1 cm³/mol. The zero-order valence-electron chi connectivity index (χ0n) is 11.3. The fourth-order valence-corrected chi connectivity index (χ4v) is 2.02. The Labute approximate surface area is 119 Å². The first-order chi connectivity index (χ1) is 10.2. The molecule has 0 saturated carbocycles. The summed E-state index contributed by atoms with van der Waals surface area (Å²) in [5, 5.41) is 0.188. The molecule has 21 heavy (non-hydrogen) atoms. The number of halogens is 1. The van der Waals surface area contributed by atoms with E-state index in [0.717, 1.165) is 11.8 Å². The van der Waals surface area contributed by atoms with Crippen molar-refractivity contribution in [2.24, 2.45) is 0 Å². The predicted octanol–water partition coefficient (Wildman–Crippen LogP) is 3.01. The van der Waals surface area contributed by atoms with Gasteiger partial charge in [0.05, 0.1) is 17.7 Å². The molecule has 0 amide bonds. The molecule has 0 atom stereocenters. The van der Waals surface area contributed by atoms with E-state index in [1.807, 2.05) is 6.92 Å². The number of rotatable bonds is 4. The summed E-state index contributed by atoms with van der Waals surface area (Å²) >= 11 is 0. The van der Waals surface area contributed by atoms with Crippen molar-refractivity contribution in [3.63, 3.8) is 0 Å². The number of hydrogen-bond donors (Lipinski definition) is 1. The molecule has 1 N–H and O–H groups in total. The third-order valence-corrected chi connectivity index (χ3v) is 2.97. The molecule has 6 heteroatoms. The van der Waals surface area contributed by atoms with Gasteiger partial charge in [0, 0.05) is 0 Å². The van der Waals surface area contributed by atoms with Crippen LogP contribution < -0.4 is 15.8 Å². The Kier molecular flexibility index (Phi) is 3.35. The molecule has 3 aromatic rings. The average molecular weight is 288 g/mol. The van der Waals surface area contributed by atoms with Gasteiger partial charge in [-0.2, -0.15) is 0 Å². The molecule has 3 rings (SSSR count). The molecule has 5 nitrogen and oxygen atoms in total. The van der Waals surface area contributed by atoms with Crippen LogP contribution in [0.5, 0.6) is 5.75 Å². The van der Waals surface area contributed by atoms with E-state index in [9.17, 15) is 9.18 Å². The van der Waals surface area contributed by atoms with Crippen molar-refractivity contribution in [3.05, 3.63) is 58.7 Å². The van der Waals surface area contributed by atoms with Gasteiger partial charge in [-0.05, 0) is 49.4 Å². The molecular formula is C15H13FN2O3. The quantitative estimate of drug-likeness (QED) is 0.801. The van der Waals surface area contributed by atoms with Crippen LogP contribution in [0.2, 0.25) is 0 Å². The molecule has 108 valence electrons. The lowest BCUT2D eigenvalue weighted by molar-refractivity contribution is 0.310. The summed E-state index contributed by atoms with van der Waals surface area (Å²) in [5.41, 5.74) is 3.51. The third kappa shape index (κ3) is 2.60. The lowest BCUT2D eigenvalue weighted by Gasteiger charge is -2.08. The molecule has 0 saturated heterocycles. The Morgan fingerprint density at radius 1 is 1.24 bits per heavy atom. The highest BCUT2D eigenvalue weighted by molar-refractivity contribution is 5.78. The van der Waals surface area contributed by atoms with Crippen LogP contribution in [0.1, 0.15) is 6.92 Å². The summed E-state index contributed by atoms with van der Waals surface area (Å²) in [5.74, 6) is 0.276. The maximum atomic E-state index is 13.1. The van der Waals surface area contributed by atoms with Crippen molar-refractivity contribution >= 4 is 16.6 Å². The molecule has 1 heterocycles. The van der Waals surface area contributed by atoms with Crippen molar-refractivity contribution < 1.29 is 13.7 Å². The second-order valence-corrected chi connectivity index (χ2v) is 4.40. The van der Waals surface area contributed by atoms with Gasteiger partial charge in [-0.1, -0.05) is 0 Å². The van der Waals surface area contributed by atoms with Gasteiger partial charge in [-0.25, -0.2) is 9.18 Å². The number of benzene rings is 2. The Morgan fingerprint density at radius 3 is 2.71 bits per heavy atom. The molecule has 0 spiro atoms. The highest BCUT2D eigenvalue weighted by Gasteiger charge is 2.10. The lowest BCUT2D eigenvalue weighted by atomic mass is 10.2. The highest BCUT2D eigenvalue weighted by Crippen LogP contribution is 2.18. The standard InChI is InChI=1S/C15H13FN2O3/c1-2-20-12-6-4-11(5-7-12)17-18-14-8-3-10(16)9-13(14)15(19)21-18/h3-9,17H,2H2,1H3. The Morgan fingerprint density at radius 2 is 2.00 bits per heavy atom. The highest BCUT2D eigenvalue weighted by atomic mass is 19.1. The van der Waals surface area contributed by atoms with Crippen molar-refractivity contribution in [2.75, 3.05) is 12.0 Å². The van der Waals surface area contributed by atoms with Gasteiger partial charge in [-0.3, -0.25) is 5.43 Å². The van der Waals surface area contributed by atoms with Gasteiger partial charge in [0.2, 0.25) is 0 Å². The van der Waals surface area contributed by atoms with Gasteiger partial charge in [0.15, 0.2) is 0 Å². The summed E-state index contributed by atoms with van der Waals surface area (Å²) in [7, 11) is 0. The van der Waals surface area contributed by atoms with Crippen LogP contribution in [-0.2, 0) is 0 Å². The van der Waals surface area contributed by atoms with Crippen LogP contribution in [0.25, 0.3) is 10.9 Å². The van der Waals surface area contributed by atoms with E-state index in [-0.39, 0.29) is 5.39 Å². The smallest absolute Gasteiger partial charge is 0.368 e. The van der Waals surface area contributed by atoms with Gasteiger partial charge >= 0.3 is 5.63 Å². The largest absolute Gasteiger partial charge is 0.494 e. The van der Waals surface area contributed by atoms with Crippen LogP contribution in [0.4, 0.5) is 10.1 Å². The minimum absolute atomic E-state index is 0.188. The molecule has 0 fully saturated rings. The number of ether oxygens (including phenoxy) is 1. The van der Waals surface area contributed by atoms with E-state index in [2.05, 4.69) is 5.43 Å². The lowest BCUT2D eigenvalue weighted by Crippen LogP contribution is -2.08. The van der Waals surface area contributed by atoms with Gasteiger partial charge in [0.25, 0.3) is 0 Å². The SMILES string of the molecule is CCOc1ccc(Nn2oc(=O)c3cc(F)ccc32)cc1. The van der Waals surface area contributed by atoms with E-state index >= 15 is 0 Å². The van der Waals surface area contributed by atoms with Crippen LogP contribution in [0.3, 0.4) is 0 Å². The molecule has 0 unspecified atom stereocenters. The van der Waals surface area contributed by atoms with E-state index in [0.29, 0.717) is 17.8 Å². The molecular weight excluding hydrogens is 275 g/mol. The van der Waals surface area contributed by atoms with Crippen LogP contribution in [0, 0.1) is 5.82 Å². The molecule has 0 radical (unpaired) electrons. The molecule has 1 aromatic heterocycles. The van der Waals surface area contributed by atoms with E-state index < -0.39 is 11.4 Å². The molecule has 0 aliphatic carbocycles. The van der Waals surface area contributed by atoms with Crippen molar-refractivity contribution in [1.29, 1.82) is 0 Å². The topological polar surface area (TPSA) is 56.4 Å². The minimum atomic E-state index is -0.595. The maximum absolute atomic E-state index is 13.1. The summed E-state index contributed by atoms with van der Waals surface area (Å²) in [6, 6.07) is 11.1. The van der Waals surface area contributed by atoms with E-state index in [4.69, 9.17) is 9.26 Å². The number of aromatic nitrogens is 1. The summed E-state index contributed by atoms with van der Waals surface area (Å²) in [6.45, 7) is 2.50. The Balaban J connectivity index is 1.93. The van der Waals surface area contributed by atoms with E-state index in [1.165, 1.54) is 17.0 Å². The van der Waals surface area contributed by atoms with Gasteiger partial charge in [0.1, 0.15) is 17.1 Å². The summed E-state index contributed by atoms with van der Waals surface area (Å²) in [4.78, 5) is 12.9. The van der Waals surface area contributed by atoms with Crippen LogP contribution >= 0.6 is 0 Å². The minimum Gasteiger partial charge on any atom is -0.494 e. The monoisotopic (exact) mass is 288 g/mol. The van der Waals surface area contributed by atoms with Crippen molar-refractivity contribution in [1.82, 2.24) is 4.85 Å². The second-order valence-electron chi connectivity index (χ2n) is 4.40. The number of hydrogen-bond acceptors (Lipinski definition) is 4. The number of anilines is 1. The third-order valence-electron chi connectivity index (χ3n) is 2.97. The number of fused-ring (bicyclic) bond motifs is 1. The number of nitrogens with one attached hydrogen (secondary N) is 1. The fourth-order valence-electron chi connectivity index (χ4n) is 2.02.